The molecule has 0 amide bonds. The first-order chi connectivity index (χ1) is 9.22. The Balaban J connectivity index is 1.97. The Bertz CT molecular complexity index is 709. The number of halogens is 1. The molecular formula is C13H9FN4O. The lowest BCUT2D eigenvalue weighted by Crippen LogP contribution is -1.88. The normalized spacial score (nSPS) is 10.6. The van der Waals surface area contributed by atoms with E-state index in [-0.39, 0.29) is 11.7 Å². The second-order valence-electron chi connectivity index (χ2n) is 3.91. The summed E-state index contributed by atoms with van der Waals surface area (Å²) in [4.78, 5) is 8.25. The van der Waals surface area contributed by atoms with Crippen molar-refractivity contribution in [2.45, 2.75) is 0 Å². The van der Waals surface area contributed by atoms with Gasteiger partial charge in [-0.25, -0.2) is 9.37 Å². The second-order valence-corrected chi connectivity index (χ2v) is 3.91. The fraction of sp³-hybridized carbons (Fsp3) is 0. The molecule has 3 aromatic rings. The molecule has 0 bridgehead atoms. The average Bonchev–Trinajstić information content (AvgIpc) is 2.89. The second kappa shape index (κ2) is 4.49. The number of rotatable bonds is 2. The highest BCUT2D eigenvalue weighted by Gasteiger charge is 2.11. The largest absolute Gasteiger partial charge is 0.397 e. The number of anilines is 1. The van der Waals surface area contributed by atoms with Crippen LogP contribution >= 0.6 is 0 Å². The Hall–Kier alpha value is -2.76. The van der Waals surface area contributed by atoms with Gasteiger partial charge in [-0.1, -0.05) is 17.3 Å². The van der Waals surface area contributed by atoms with E-state index < -0.39 is 0 Å². The van der Waals surface area contributed by atoms with Crippen LogP contribution in [0.25, 0.3) is 23.0 Å². The summed E-state index contributed by atoms with van der Waals surface area (Å²) in [5, 5.41) is 3.80. The topological polar surface area (TPSA) is 77.8 Å². The first kappa shape index (κ1) is 11.3. The van der Waals surface area contributed by atoms with Crippen LogP contribution in [0.1, 0.15) is 0 Å². The van der Waals surface area contributed by atoms with Gasteiger partial charge in [0.2, 0.25) is 5.82 Å². The van der Waals surface area contributed by atoms with Crippen molar-refractivity contribution >= 4 is 5.69 Å². The summed E-state index contributed by atoms with van der Waals surface area (Å²) < 4.78 is 18.2. The summed E-state index contributed by atoms with van der Waals surface area (Å²) in [6, 6.07) is 9.35. The number of benzene rings is 1. The molecule has 0 spiro atoms. The van der Waals surface area contributed by atoms with E-state index in [9.17, 15) is 4.39 Å². The van der Waals surface area contributed by atoms with Crippen LogP contribution in [0.3, 0.4) is 0 Å². The molecule has 2 N–H and O–H groups in total. The van der Waals surface area contributed by atoms with Crippen LogP contribution in [0.4, 0.5) is 10.1 Å². The molecule has 0 saturated heterocycles. The monoisotopic (exact) mass is 256 g/mol. The molecule has 2 heterocycles. The van der Waals surface area contributed by atoms with Crippen LogP contribution < -0.4 is 5.73 Å². The lowest BCUT2D eigenvalue weighted by atomic mass is 10.2. The summed E-state index contributed by atoms with van der Waals surface area (Å²) in [6.07, 6.45) is 1.50. The van der Waals surface area contributed by atoms with Gasteiger partial charge in [0.05, 0.1) is 11.9 Å². The van der Waals surface area contributed by atoms with Gasteiger partial charge in [0.15, 0.2) is 0 Å². The van der Waals surface area contributed by atoms with Gasteiger partial charge in [-0.05, 0) is 24.3 Å². The van der Waals surface area contributed by atoms with Crippen LogP contribution in [0.5, 0.6) is 0 Å². The lowest BCUT2D eigenvalue weighted by molar-refractivity contribution is 0.431. The zero-order valence-electron chi connectivity index (χ0n) is 9.75. The smallest absolute Gasteiger partial charge is 0.276 e. The molecule has 0 radical (unpaired) electrons. The number of hydrogen-bond acceptors (Lipinski definition) is 5. The predicted octanol–water partition coefficient (Wildman–Crippen LogP) is 2.52. The Morgan fingerprint density at radius 1 is 1.16 bits per heavy atom. The van der Waals surface area contributed by atoms with E-state index in [1.165, 1.54) is 18.3 Å². The molecule has 0 aliphatic rings. The highest BCUT2D eigenvalue weighted by Crippen LogP contribution is 2.21. The number of nitrogens with two attached hydrogens (primary N) is 1. The third-order valence-electron chi connectivity index (χ3n) is 2.51. The maximum absolute atomic E-state index is 13.1. The third kappa shape index (κ3) is 2.28. The minimum Gasteiger partial charge on any atom is -0.397 e. The Morgan fingerprint density at radius 2 is 2.05 bits per heavy atom. The van der Waals surface area contributed by atoms with E-state index in [1.807, 2.05) is 0 Å². The molecule has 3 rings (SSSR count). The number of nitrogens with zero attached hydrogens (tertiary/aromatic N) is 3. The molecule has 1 aromatic carbocycles. The zero-order valence-corrected chi connectivity index (χ0v) is 9.75. The lowest BCUT2D eigenvalue weighted by Gasteiger charge is -1.94. The van der Waals surface area contributed by atoms with Crippen molar-refractivity contribution in [2.75, 3.05) is 5.73 Å². The van der Waals surface area contributed by atoms with E-state index in [0.717, 1.165) is 0 Å². The summed E-state index contributed by atoms with van der Waals surface area (Å²) in [7, 11) is 0. The molecule has 2 aromatic heterocycles. The van der Waals surface area contributed by atoms with Crippen LogP contribution in [-0.2, 0) is 0 Å². The molecule has 0 atom stereocenters. The van der Waals surface area contributed by atoms with E-state index >= 15 is 0 Å². The molecule has 94 valence electrons. The molecule has 0 saturated carbocycles. The summed E-state index contributed by atoms with van der Waals surface area (Å²) in [5.41, 5.74) is 7.16. The standard InChI is InChI=1S/C13H9FN4O/c14-9-3-1-2-8(6-9)12-17-13(19-18-12)11-5-4-10(15)7-16-11/h1-7H,15H2. The molecule has 0 unspecified atom stereocenters. The summed E-state index contributed by atoms with van der Waals surface area (Å²) in [6.45, 7) is 0. The van der Waals surface area contributed by atoms with Crippen LogP contribution in [0.15, 0.2) is 47.1 Å². The first-order valence-corrected chi connectivity index (χ1v) is 5.54. The van der Waals surface area contributed by atoms with Crippen molar-refractivity contribution in [3.05, 3.63) is 48.4 Å². The highest BCUT2D eigenvalue weighted by molar-refractivity contribution is 5.58. The van der Waals surface area contributed by atoms with E-state index in [0.29, 0.717) is 22.8 Å². The van der Waals surface area contributed by atoms with Gasteiger partial charge in [-0.2, -0.15) is 4.98 Å². The van der Waals surface area contributed by atoms with E-state index in [4.69, 9.17) is 10.3 Å². The van der Waals surface area contributed by atoms with Crippen molar-refractivity contribution in [2.24, 2.45) is 0 Å². The van der Waals surface area contributed by atoms with Crippen molar-refractivity contribution < 1.29 is 8.91 Å². The Labute approximate surface area is 107 Å². The van der Waals surface area contributed by atoms with E-state index in [1.54, 1.807) is 24.3 Å². The van der Waals surface area contributed by atoms with Gasteiger partial charge in [-0.3, -0.25) is 0 Å². The van der Waals surface area contributed by atoms with Crippen LogP contribution in [-0.4, -0.2) is 15.1 Å². The summed E-state index contributed by atoms with van der Waals surface area (Å²) in [5.74, 6) is 0.224. The van der Waals surface area contributed by atoms with Gasteiger partial charge in [0.1, 0.15) is 11.5 Å². The van der Waals surface area contributed by atoms with Gasteiger partial charge >= 0.3 is 0 Å². The maximum Gasteiger partial charge on any atom is 0.276 e. The molecule has 5 nitrogen and oxygen atoms in total. The van der Waals surface area contributed by atoms with Crippen molar-refractivity contribution in [1.29, 1.82) is 0 Å². The SMILES string of the molecule is Nc1ccc(-c2nc(-c3cccc(F)c3)no2)nc1. The fourth-order valence-electron chi connectivity index (χ4n) is 1.60. The quantitative estimate of drug-likeness (QED) is 0.762. The van der Waals surface area contributed by atoms with Crippen molar-refractivity contribution in [3.8, 4) is 23.0 Å². The van der Waals surface area contributed by atoms with Gasteiger partial charge in [-0.15, -0.1) is 0 Å². The van der Waals surface area contributed by atoms with Crippen LogP contribution in [0.2, 0.25) is 0 Å². The van der Waals surface area contributed by atoms with E-state index in [2.05, 4.69) is 15.1 Å². The first-order valence-electron chi connectivity index (χ1n) is 5.54. The Kier molecular flexibility index (Phi) is 2.68. The average molecular weight is 256 g/mol. The fourth-order valence-corrected chi connectivity index (χ4v) is 1.60. The summed E-state index contributed by atoms with van der Waals surface area (Å²) >= 11 is 0. The van der Waals surface area contributed by atoms with Gasteiger partial charge in [0.25, 0.3) is 5.89 Å². The molecule has 6 heteroatoms. The van der Waals surface area contributed by atoms with Crippen LogP contribution in [0, 0.1) is 5.82 Å². The number of nitrogen functional groups attached to an aromatic ring is 1. The molecule has 19 heavy (non-hydrogen) atoms. The molecular weight excluding hydrogens is 247 g/mol. The maximum atomic E-state index is 13.1. The number of aromatic nitrogens is 3. The molecule has 0 aliphatic heterocycles. The Morgan fingerprint density at radius 3 is 2.79 bits per heavy atom. The molecule has 0 fully saturated rings. The zero-order chi connectivity index (χ0) is 13.2. The van der Waals surface area contributed by atoms with Crippen molar-refractivity contribution in [3.63, 3.8) is 0 Å². The number of hydrogen-bond donors (Lipinski definition) is 1. The van der Waals surface area contributed by atoms with Gasteiger partial charge < -0.3 is 10.3 Å². The minimum absolute atomic E-state index is 0.263. The minimum atomic E-state index is -0.352. The van der Waals surface area contributed by atoms with Crippen molar-refractivity contribution in [1.82, 2.24) is 15.1 Å². The highest BCUT2D eigenvalue weighted by atomic mass is 19.1. The third-order valence-corrected chi connectivity index (χ3v) is 2.51. The van der Waals surface area contributed by atoms with Gasteiger partial charge in [0, 0.05) is 5.56 Å². The predicted molar refractivity (Wildman–Crippen MR) is 67.3 cm³/mol. The number of pyridine rings is 1. The molecule has 0 aliphatic carbocycles.